The molecule has 132 valence electrons. The van der Waals surface area contributed by atoms with Crippen LogP contribution >= 0.6 is 0 Å². The van der Waals surface area contributed by atoms with E-state index >= 15 is 0 Å². The standard InChI is InChI=1S/C20H24FN3O/c21-18-9-14(4-5-17(18)20-6-7-22-12-16(20)10-20)15-11-23-24(13-15)19-3-1-2-8-25-19/h4-5,9,11,13,16,19,22H,1-3,6-8,10,12H2. The quantitative estimate of drug-likeness (QED) is 0.926. The van der Waals surface area contributed by atoms with Gasteiger partial charge in [0.05, 0.1) is 6.20 Å². The van der Waals surface area contributed by atoms with Crippen LogP contribution in [-0.2, 0) is 10.2 Å². The highest BCUT2D eigenvalue weighted by molar-refractivity contribution is 5.63. The molecule has 2 saturated heterocycles. The highest BCUT2D eigenvalue weighted by Gasteiger charge is 2.56. The number of hydrogen-bond acceptors (Lipinski definition) is 3. The molecule has 1 aromatic heterocycles. The average molecular weight is 341 g/mol. The van der Waals surface area contributed by atoms with Gasteiger partial charge >= 0.3 is 0 Å². The number of benzene rings is 1. The summed E-state index contributed by atoms with van der Waals surface area (Å²) in [6, 6.07) is 5.74. The van der Waals surface area contributed by atoms with Gasteiger partial charge in [-0.25, -0.2) is 9.07 Å². The normalized spacial score (nSPS) is 31.6. The van der Waals surface area contributed by atoms with Crippen molar-refractivity contribution in [2.45, 2.75) is 43.7 Å². The molecule has 0 spiro atoms. The molecule has 1 N–H and O–H groups in total. The zero-order valence-corrected chi connectivity index (χ0v) is 14.4. The second-order valence-electron chi connectivity index (χ2n) is 7.74. The minimum atomic E-state index is -0.0661. The van der Waals surface area contributed by atoms with Gasteiger partial charge in [0.2, 0.25) is 0 Å². The van der Waals surface area contributed by atoms with Crippen molar-refractivity contribution in [2.75, 3.05) is 19.7 Å². The van der Waals surface area contributed by atoms with E-state index in [9.17, 15) is 4.39 Å². The van der Waals surface area contributed by atoms with E-state index < -0.39 is 0 Å². The molecule has 0 bridgehead atoms. The van der Waals surface area contributed by atoms with Crippen LogP contribution in [0, 0.1) is 11.7 Å². The minimum Gasteiger partial charge on any atom is -0.357 e. The molecule has 3 atom stereocenters. The van der Waals surface area contributed by atoms with Gasteiger partial charge in [-0.3, -0.25) is 0 Å². The molecule has 3 heterocycles. The van der Waals surface area contributed by atoms with E-state index in [0.717, 1.165) is 62.1 Å². The lowest BCUT2D eigenvalue weighted by atomic mass is 9.86. The van der Waals surface area contributed by atoms with Crippen LogP contribution in [0.5, 0.6) is 0 Å². The fourth-order valence-corrected chi connectivity index (χ4v) is 4.68. The predicted molar refractivity (Wildman–Crippen MR) is 93.7 cm³/mol. The number of nitrogens with one attached hydrogen (secondary N) is 1. The van der Waals surface area contributed by atoms with Crippen molar-refractivity contribution in [3.8, 4) is 11.1 Å². The molecule has 5 rings (SSSR count). The molecule has 3 aliphatic rings. The van der Waals surface area contributed by atoms with E-state index in [1.54, 1.807) is 6.07 Å². The second-order valence-corrected chi connectivity index (χ2v) is 7.74. The van der Waals surface area contributed by atoms with Gasteiger partial charge in [-0.15, -0.1) is 0 Å². The average Bonchev–Trinajstić information content (AvgIpc) is 3.19. The topological polar surface area (TPSA) is 39.1 Å². The van der Waals surface area contributed by atoms with Crippen LogP contribution < -0.4 is 5.32 Å². The van der Waals surface area contributed by atoms with Gasteiger partial charge in [0.1, 0.15) is 12.0 Å². The highest BCUT2D eigenvalue weighted by Crippen LogP contribution is 2.58. The fraction of sp³-hybridized carbons (Fsp3) is 0.550. The van der Waals surface area contributed by atoms with Crippen LogP contribution in [0.25, 0.3) is 11.1 Å². The van der Waals surface area contributed by atoms with Crippen LogP contribution in [0.15, 0.2) is 30.6 Å². The van der Waals surface area contributed by atoms with Gasteiger partial charge < -0.3 is 10.1 Å². The number of fused-ring (bicyclic) bond motifs is 1. The molecule has 4 nitrogen and oxygen atoms in total. The molecule has 2 aliphatic heterocycles. The Labute approximate surface area is 147 Å². The Balaban J connectivity index is 1.40. The predicted octanol–water partition coefficient (Wildman–Crippen LogP) is 3.64. The monoisotopic (exact) mass is 341 g/mol. The maximum Gasteiger partial charge on any atom is 0.150 e. The van der Waals surface area contributed by atoms with Gasteiger partial charge in [-0.2, -0.15) is 5.10 Å². The molecule has 3 unspecified atom stereocenters. The molecule has 5 heteroatoms. The van der Waals surface area contributed by atoms with E-state index in [2.05, 4.69) is 10.4 Å². The number of aromatic nitrogens is 2. The first-order valence-electron chi connectivity index (χ1n) is 9.43. The molecule has 1 aliphatic carbocycles. The summed E-state index contributed by atoms with van der Waals surface area (Å²) in [6.07, 6.45) is 9.26. The maximum atomic E-state index is 14.9. The molecule has 3 fully saturated rings. The third-order valence-electron chi connectivity index (χ3n) is 6.26. The van der Waals surface area contributed by atoms with E-state index in [4.69, 9.17) is 4.74 Å². The van der Waals surface area contributed by atoms with E-state index in [-0.39, 0.29) is 17.5 Å². The smallest absolute Gasteiger partial charge is 0.150 e. The first-order chi connectivity index (χ1) is 12.3. The number of piperidine rings is 1. The maximum absolute atomic E-state index is 14.9. The summed E-state index contributed by atoms with van der Waals surface area (Å²) in [5.74, 6) is 0.538. The molecule has 0 amide bonds. The summed E-state index contributed by atoms with van der Waals surface area (Å²) in [6.45, 7) is 2.81. The summed E-state index contributed by atoms with van der Waals surface area (Å²) in [5, 5.41) is 7.86. The van der Waals surface area contributed by atoms with Crippen molar-refractivity contribution >= 4 is 0 Å². The van der Waals surface area contributed by atoms with Gasteiger partial charge in [-0.05, 0) is 68.3 Å². The van der Waals surface area contributed by atoms with Crippen LogP contribution in [0.3, 0.4) is 0 Å². The zero-order chi connectivity index (χ0) is 16.9. The molecule has 2 aromatic rings. The summed E-state index contributed by atoms with van der Waals surface area (Å²) >= 11 is 0. The largest absolute Gasteiger partial charge is 0.357 e. The van der Waals surface area contributed by atoms with Gasteiger partial charge in [0.25, 0.3) is 0 Å². The van der Waals surface area contributed by atoms with Gasteiger partial charge in [-0.1, -0.05) is 12.1 Å². The first kappa shape index (κ1) is 15.5. The van der Waals surface area contributed by atoms with Gasteiger partial charge in [0.15, 0.2) is 0 Å². The number of hydrogen-bond donors (Lipinski definition) is 1. The van der Waals surface area contributed by atoms with E-state index in [1.165, 1.54) is 6.42 Å². The van der Waals surface area contributed by atoms with Crippen molar-refractivity contribution in [1.82, 2.24) is 15.1 Å². The SMILES string of the molecule is Fc1cc(-c2cnn(C3CCCCO3)c2)ccc1C12CCNCC1C2. The van der Waals surface area contributed by atoms with Crippen molar-refractivity contribution in [1.29, 1.82) is 0 Å². The van der Waals surface area contributed by atoms with Crippen LogP contribution in [0.2, 0.25) is 0 Å². The first-order valence-corrected chi connectivity index (χ1v) is 9.43. The molecule has 1 saturated carbocycles. The summed E-state index contributed by atoms with van der Waals surface area (Å²) < 4.78 is 22.5. The third kappa shape index (κ3) is 2.61. The Morgan fingerprint density at radius 3 is 3.04 bits per heavy atom. The Morgan fingerprint density at radius 1 is 1.28 bits per heavy atom. The molecule has 25 heavy (non-hydrogen) atoms. The fourth-order valence-electron chi connectivity index (χ4n) is 4.68. The van der Waals surface area contributed by atoms with Crippen LogP contribution in [0.4, 0.5) is 4.39 Å². The van der Waals surface area contributed by atoms with Crippen LogP contribution in [-0.4, -0.2) is 29.5 Å². The van der Waals surface area contributed by atoms with E-state index in [1.807, 2.05) is 29.2 Å². The zero-order valence-electron chi connectivity index (χ0n) is 14.4. The third-order valence-corrected chi connectivity index (χ3v) is 6.26. The van der Waals surface area contributed by atoms with E-state index in [0.29, 0.717) is 5.92 Å². The molecule has 0 radical (unpaired) electrons. The number of nitrogens with zero attached hydrogens (tertiary/aromatic N) is 2. The lowest BCUT2D eigenvalue weighted by molar-refractivity contribution is -0.0394. The van der Waals surface area contributed by atoms with Crippen molar-refractivity contribution in [3.63, 3.8) is 0 Å². The Morgan fingerprint density at radius 2 is 2.24 bits per heavy atom. The Bertz CT molecular complexity index is 783. The van der Waals surface area contributed by atoms with Crippen molar-refractivity contribution in [2.24, 2.45) is 5.92 Å². The van der Waals surface area contributed by atoms with Crippen molar-refractivity contribution in [3.05, 3.63) is 42.0 Å². The van der Waals surface area contributed by atoms with Crippen LogP contribution in [0.1, 0.15) is 43.9 Å². The lowest BCUT2D eigenvalue weighted by Crippen LogP contribution is -2.31. The minimum absolute atomic E-state index is 0.0208. The molecular formula is C20H24FN3O. The lowest BCUT2D eigenvalue weighted by Gasteiger charge is -2.24. The molecule has 1 aromatic carbocycles. The number of halogens is 1. The second kappa shape index (κ2) is 5.92. The number of rotatable bonds is 3. The highest BCUT2D eigenvalue weighted by atomic mass is 19.1. The summed E-state index contributed by atoms with van der Waals surface area (Å²) in [5.41, 5.74) is 2.85. The molecular weight excluding hydrogens is 317 g/mol. The summed E-state index contributed by atoms with van der Waals surface area (Å²) in [7, 11) is 0. The number of ether oxygens (including phenoxy) is 1. The summed E-state index contributed by atoms with van der Waals surface area (Å²) in [4.78, 5) is 0. The van der Waals surface area contributed by atoms with Gasteiger partial charge in [0, 0.05) is 23.8 Å². The Hall–Kier alpha value is -1.72. The Kier molecular flexibility index (Phi) is 3.68. The van der Waals surface area contributed by atoms with Crippen molar-refractivity contribution < 1.29 is 9.13 Å².